The van der Waals surface area contributed by atoms with Crippen molar-refractivity contribution in [3.8, 4) is 0 Å². The molecule has 1 amide bonds. The lowest BCUT2D eigenvalue weighted by Gasteiger charge is -2.36. The van der Waals surface area contributed by atoms with E-state index in [2.05, 4.69) is 4.98 Å². The molecule has 0 N–H and O–H groups in total. The summed E-state index contributed by atoms with van der Waals surface area (Å²) in [5.41, 5.74) is -0.335. The van der Waals surface area contributed by atoms with Crippen LogP contribution in [0.15, 0.2) is 42.6 Å². The maximum atomic E-state index is 14.4. The van der Waals surface area contributed by atoms with Gasteiger partial charge < -0.3 is 19.3 Å². The van der Waals surface area contributed by atoms with Crippen LogP contribution in [0.5, 0.6) is 0 Å². The number of halogens is 3. The fourth-order valence-corrected chi connectivity index (χ4v) is 6.72. The Balaban J connectivity index is 1.85. The second kappa shape index (κ2) is 13.2. The molecule has 1 aromatic carbocycles. The molecule has 4 atom stereocenters. The van der Waals surface area contributed by atoms with E-state index >= 15 is 0 Å². The van der Waals surface area contributed by atoms with E-state index in [1.54, 1.807) is 30.8 Å². The van der Waals surface area contributed by atoms with Crippen LogP contribution in [0.4, 0.5) is 19.0 Å². The van der Waals surface area contributed by atoms with Crippen molar-refractivity contribution in [2.24, 2.45) is 17.3 Å². The highest BCUT2D eigenvalue weighted by Gasteiger charge is 2.59. The van der Waals surface area contributed by atoms with Crippen molar-refractivity contribution in [1.82, 2.24) is 9.88 Å². The SMILES string of the molecule is CCOC(=O)C1C(C(C)(C)C)C(OCc2cc(C(F)(F)F)cnc2N(C)C)C(c2ccccc2)N1C(=O)C1CCCCC1. The van der Waals surface area contributed by atoms with Gasteiger partial charge in [0.2, 0.25) is 5.91 Å². The van der Waals surface area contributed by atoms with Crippen molar-refractivity contribution >= 4 is 17.7 Å². The summed E-state index contributed by atoms with van der Waals surface area (Å²) >= 11 is 0. The molecule has 1 aliphatic carbocycles. The normalized spacial score (nSPS) is 23.3. The summed E-state index contributed by atoms with van der Waals surface area (Å²) in [4.78, 5) is 35.6. The molecule has 10 heteroatoms. The predicted molar refractivity (Wildman–Crippen MR) is 158 cm³/mol. The summed E-state index contributed by atoms with van der Waals surface area (Å²) in [6.07, 6.45) is 0.00227. The Morgan fingerprint density at radius 3 is 2.26 bits per heavy atom. The lowest BCUT2D eigenvalue weighted by molar-refractivity contribution is -0.158. The number of hydrogen-bond acceptors (Lipinski definition) is 6. The highest BCUT2D eigenvalue weighted by Crippen LogP contribution is 2.51. The Labute approximate surface area is 252 Å². The molecule has 2 aliphatic rings. The van der Waals surface area contributed by atoms with Crippen LogP contribution in [0, 0.1) is 17.3 Å². The summed E-state index contributed by atoms with van der Waals surface area (Å²) in [6, 6.07) is 8.95. The van der Waals surface area contributed by atoms with Crippen LogP contribution in [-0.2, 0) is 31.8 Å². The van der Waals surface area contributed by atoms with E-state index in [1.807, 2.05) is 51.1 Å². The molecule has 43 heavy (non-hydrogen) atoms. The fraction of sp³-hybridized carbons (Fsp3) is 0.606. The summed E-state index contributed by atoms with van der Waals surface area (Å²) in [7, 11) is 3.42. The van der Waals surface area contributed by atoms with Gasteiger partial charge in [0.1, 0.15) is 11.9 Å². The van der Waals surface area contributed by atoms with Crippen LogP contribution in [0.3, 0.4) is 0 Å². The Morgan fingerprint density at radius 2 is 1.70 bits per heavy atom. The second-order valence-electron chi connectivity index (χ2n) is 12.9. The average molecular weight is 604 g/mol. The van der Waals surface area contributed by atoms with Crippen molar-refractivity contribution in [3.63, 3.8) is 0 Å². The van der Waals surface area contributed by atoms with Gasteiger partial charge in [0.25, 0.3) is 0 Å². The van der Waals surface area contributed by atoms with Gasteiger partial charge in [-0.05, 0) is 36.8 Å². The number of nitrogens with zero attached hydrogens (tertiary/aromatic N) is 3. The van der Waals surface area contributed by atoms with Crippen molar-refractivity contribution in [3.05, 3.63) is 59.3 Å². The molecule has 236 valence electrons. The van der Waals surface area contributed by atoms with Crippen LogP contribution >= 0.6 is 0 Å². The van der Waals surface area contributed by atoms with Crippen molar-refractivity contribution < 1.29 is 32.2 Å². The minimum absolute atomic E-state index is 0.0957. The first-order valence-electron chi connectivity index (χ1n) is 15.1. The van der Waals surface area contributed by atoms with Crippen LogP contribution < -0.4 is 4.90 Å². The number of likely N-dealkylation sites (tertiary alicyclic amines) is 1. The number of alkyl halides is 3. The zero-order chi connectivity index (χ0) is 31.5. The number of rotatable bonds is 8. The number of carbonyl (C=O) groups is 2. The Hall–Kier alpha value is -3.14. The minimum Gasteiger partial charge on any atom is -0.464 e. The first kappa shape index (κ1) is 32.8. The van der Waals surface area contributed by atoms with Crippen LogP contribution in [0.1, 0.15) is 82.5 Å². The number of anilines is 1. The molecule has 0 spiro atoms. The highest BCUT2D eigenvalue weighted by atomic mass is 19.4. The van der Waals surface area contributed by atoms with E-state index in [4.69, 9.17) is 9.47 Å². The molecular weight excluding hydrogens is 559 g/mol. The van der Waals surface area contributed by atoms with E-state index in [1.165, 1.54) is 0 Å². The highest BCUT2D eigenvalue weighted by molar-refractivity contribution is 5.88. The molecule has 2 heterocycles. The zero-order valence-corrected chi connectivity index (χ0v) is 26.0. The Bertz CT molecular complexity index is 1260. The molecule has 0 bridgehead atoms. The third kappa shape index (κ3) is 7.16. The van der Waals surface area contributed by atoms with Gasteiger partial charge >= 0.3 is 12.1 Å². The molecule has 7 nitrogen and oxygen atoms in total. The molecule has 1 saturated carbocycles. The molecular formula is C33H44F3N3O4. The third-order valence-corrected chi connectivity index (χ3v) is 8.61. The first-order valence-corrected chi connectivity index (χ1v) is 15.1. The summed E-state index contributed by atoms with van der Waals surface area (Å²) in [5, 5.41) is 0. The largest absolute Gasteiger partial charge is 0.464 e. The van der Waals surface area contributed by atoms with E-state index in [9.17, 15) is 22.8 Å². The Morgan fingerprint density at radius 1 is 1.05 bits per heavy atom. The summed E-state index contributed by atoms with van der Waals surface area (Å²) < 4.78 is 53.3. The lowest BCUT2D eigenvalue weighted by atomic mass is 9.73. The molecule has 4 rings (SSSR count). The van der Waals surface area contributed by atoms with Gasteiger partial charge in [-0.15, -0.1) is 0 Å². The van der Waals surface area contributed by atoms with E-state index in [0.717, 1.165) is 49.9 Å². The van der Waals surface area contributed by atoms with Crippen LogP contribution in [0.2, 0.25) is 0 Å². The molecule has 1 saturated heterocycles. The predicted octanol–water partition coefficient (Wildman–Crippen LogP) is 6.81. The number of hydrogen-bond donors (Lipinski definition) is 0. The van der Waals surface area contributed by atoms with Gasteiger partial charge in [0.15, 0.2) is 0 Å². The topological polar surface area (TPSA) is 72.0 Å². The molecule has 4 unspecified atom stereocenters. The van der Waals surface area contributed by atoms with Gasteiger partial charge in [0.05, 0.1) is 30.9 Å². The third-order valence-electron chi connectivity index (χ3n) is 8.61. The van der Waals surface area contributed by atoms with Gasteiger partial charge in [-0.3, -0.25) is 4.79 Å². The number of carbonyl (C=O) groups excluding carboxylic acids is 2. The number of ether oxygens (including phenoxy) is 2. The maximum Gasteiger partial charge on any atom is 0.417 e. The maximum absolute atomic E-state index is 14.4. The van der Waals surface area contributed by atoms with Crippen molar-refractivity contribution in [1.29, 1.82) is 0 Å². The summed E-state index contributed by atoms with van der Waals surface area (Å²) in [6.45, 7) is 7.68. The standard InChI is InChI=1S/C33H44F3N3O4/c1-7-42-31(41)27-25(32(2,3)4)28(43-20-23-18-24(33(34,35)36)19-37-29(23)38(5)6)26(21-14-10-8-11-15-21)39(27)30(40)22-16-12-9-13-17-22/h8,10-11,14-15,18-19,22,25-28H,7,9,12-13,16-17,20H2,1-6H3. The van der Waals surface area contributed by atoms with Crippen molar-refractivity contribution in [2.75, 3.05) is 25.6 Å². The fourth-order valence-electron chi connectivity index (χ4n) is 6.72. The molecule has 1 aliphatic heterocycles. The number of esters is 1. The lowest BCUT2D eigenvalue weighted by Crippen LogP contribution is -2.49. The minimum atomic E-state index is -4.57. The monoisotopic (exact) mass is 603 g/mol. The van der Waals surface area contributed by atoms with Crippen LogP contribution in [-0.4, -0.2) is 54.6 Å². The first-order chi connectivity index (χ1) is 20.3. The summed E-state index contributed by atoms with van der Waals surface area (Å²) in [5.74, 6) is -0.961. The van der Waals surface area contributed by atoms with Gasteiger partial charge in [-0.1, -0.05) is 70.4 Å². The number of amides is 1. The van der Waals surface area contributed by atoms with Crippen molar-refractivity contribution in [2.45, 2.75) is 90.8 Å². The number of benzene rings is 1. The smallest absolute Gasteiger partial charge is 0.417 e. The quantitative estimate of drug-likeness (QED) is 0.309. The number of aromatic nitrogens is 1. The van der Waals surface area contributed by atoms with E-state index in [-0.39, 0.29) is 30.6 Å². The molecule has 2 aromatic rings. The average Bonchev–Trinajstić information content (AvgIpc) is 3.32. The van der Waals surface area contributed by atoms with Crippen LogP contribution in [0.25, 0.3) is 0 Å². The molecule has 2 fully saturated rings. The van der Waals surface area contributed by atoms with Gasteiger partial charge in [0, 0.05) is 37.7 Å². The molecule has 0 radical (unpaired) electrons. The van der Waals surface area contributed by atoms with E-state index in [0.29, 0.717) is 5.82 Å². The van der Waals surface area contributed by atoms with E-state index < -0.39 is 47.2 Å². The van der Waals surface area contributed by atoms with Gasteiger partial charge in [-0.2, -0.15) is 13.2 Å². The zero-order valence-electron chi connectivity index (χ0n) is 26.0. The Kier molecular flexibility index (Phi) is 10.1. The van der Waals surface area contributed by atoms with Gasteiger partial charge in [-0.25, -0.2) is 9.78 Å². The number of pyridine rings is 1. The molecule has 1 aromatic heterocycles. The second-order valence-corrected chi connectivity index (χ2v) is 12.9.